The Morgan fingerprint density at radius 1 is 1.28 bits per heavy atom. The lowest BCUT2D eigenvalue weighted by atomic mass is 10.0. The third-order valence-corrected chi connectivity index (χ3v) is 3.32. The van der Waals surface area contributed by atoms with Crippen molar-refractivity contribution < 1.29 is 0 Å². The molecule has 1 aromatic carbocycles. The number of rotatable bonds is 3. The number of fused-ring (bicyclic) bond motifs is 1. The SMILES string of the molecule is NNC(c1ccc2ncccc2c1)c1csnn1. The van der Waals surface area contributed by atoms with Crippen LogP contribution in [0.2, 0.25) is 0 Å². The molecule has 0 saturated heterocycles. The predicted octanol–water partition coefficient (Wildman–Crippen LogP) is 1.64. The van der Waals surface area contributed by atoms with E-state index in [1.807, 2.05) is 29.6 Å². The van der Waals surface area contributed by atoms with Gasteiger partial charge in [-0.2, -0.15) is 0 Å². The number of nitrogens with two attached hydrogens (primary N) is 1. The highest BCUT2D eigenvalue weighted by Crippen LogP contribution is 2.23. The number of hydrogen-bond donors (Lipinski definition) is 2. The summed E-state index contributed by atoms with van der Waals surface area (Å²) in [4.78, 5) is 4.29. The Hall–Kier alpha value is -1.89. The number of nitrogens with one attached hydrogen (secondary N) is 1. The fourth-order valence-electron chi connectivity index (χ4n) is 1.92. The van der Waals surface area contributed by atoms with Crippen LogP contribution >= 0.6 is 11.5 Å². The molecule has 0 amide bonds. The minimum atomic E-state index is -0.145. The number of aromatic nitrogens is 3. The highest BCUT2D eigenvalue weighted by molar-refractivity contribution is 7.03. The molecule has 3 rings (SSSR count). The predicted molar refractivity (Wildman–Crippen MR) is 70.8 cm³/mol. The number of hydrogen-bond acceptors (Lipinski definition) is 6. The molecule has 1 unspecified atom stereocenters. The van der Waals surface area contributed by atoms with E-state index in [-0.39, 0.29) is 6.04 Å². The molecule has 0 aliphatic rings. The van der Waals surface area contributed by atoms with E-state index in [2.05, 4.69) is 26.1 Å². The molecule has 0 aliphatic carbocycles. The average Bonchev–Trinajstić information content (AvgIpc) is 2.93. The summed E-state index contributed by atoms with van der Waals surface area (Å²) in [6, 6.07) is 9.84. The number of hydrazine groups is 1. The normalized spacial score (nSPS) is 12.7. The topological polar surface area (TPSA) is 76.7 Å². The Bertz CT molecular complexity index is 652. The van der Waals surface area contributed by atoms with Gasteiger partial charge >= 0.3 is 0 Å². The van der Waals surface area contributed by atoms with E-state index in [1.165, 1.54) is 11.5 Å². The summed E-state index contributed by atoms with van der Waals surface area (Å²) in [6.07, 6.45) is 1.78. The van der Waals surface area contributed by atoms with Crippen molar-refractivity contribution in [3.8, 4) is 0 Å². The van der Waals surface area contributed by atoms with Gasteiger partial charge in [0.2, 0.25) is 0 Å². The van der Waals surface area contributed by atoms with E-state index >= 15 is 0 Å². The van der Waals surface area contributed by atoms with Gasteiger partial charge in [-0.25, -0.2) is 5.43 Å². The van der Waals surface area contributed by atoms with Crippen molar-refractivity contribution in [1.82, 2.24) is 20.0 Å². The largest absolute Gasteiger partial charge is 0.271 e. The quantitative estimate of drug-likeness (QED) is 0.551. The smallest absolute Gasteiger partial charge is 0.0983 e. The standard InChI is InChI=1S/C12H11N5S/c13-15-12(11-7-18-17-16-11)9-3-4-10-8(6-9)2-1-5-14-10/h1-7,12,15H,13H2. The summed E-state index contributed by atoms with van der Waals surface area (Å²) in [5, 5.41) is 7.02. The lowest BCUT2D eigenvalue weighted by Crippen LogP contribution is -2.29. The second kappa shape index (κ2) is 4.77. The van der Waals surface area contributed by atoms with E-state index in [1.54, 1.807) is 6.20 Å². The Balaban J connectivity index is 2.07. The third-order valence-electron chi connectivity index (χ3n) is 2.80. The van der Waals surface area contributed by atoms with Gasteiger partial charge in [0.1, 0.15) is 0 Å². The van der Waals surface area contributed by atoms with Gasteiger partial charge in [-0.05, 0) is 35.3 Å². The molecule has 1 atom stereocenters. The molecule has 0 spiro atoms. The summed E-state index contributed by atoms with van der Waals surface area (Å²) in [5.41, 5.74) is 5.61. The third kappa shape index (κ3) is 1.97. The fraction of sp³-hybridized carbons (Fsp3) is 0.0833. The lowest BCUT2D eigenvalue weighted by Gasteiger charge is -2.13. The van der Waals surface area contributed by atoms with Crippen LogP contribution in [-0.4, -0.2) is 14.6 Å². The molecule has 5 nitrogen and oxygen atoms in total. The second-order valence-corrected chi connectivity index (χ2v) is 4.49. The average molecular weight is 257 g/mol. The Morgan fingerprint density at radius 3 is 3.00 bits per heavy atom. The van der Waals surface area contributed by atoms with Gasteiger partial charge in [-0.1, -0.05) is 16.6 Å². The molecule has 0 saturated carbocycles. The van der Waals surface area contributed by atoms with Crippen LogP contribution in [0.1, 0.15) is 17.3 Å². The van der Waals surface area contributed by atoms with Crippen LogP contribution in [0.4, 0.5) is 0 Å². The van der Waals surface area contributed by atoms with E-state index in [0.717, 1.165) is 22.2 Å². The van der Waals surface area contributed by atoms with Gasteiger partial charge in [0, 0.05) is 17.0 Å². The summed E-state index contributed by atoms with van der Waals surface area (Å²) in [6.45, 7) is 0. The molecule has 18 heavy (non-hydrogen) atoms. The second-order valence-electron chi connectivity index (χ2n) is 3.88. The molecule has 3 aromatic rings. The van der Waals surface area contributed by atoms with Crippen molar-refractivity contribution in [3.05, 3.63) is 53.2 Å². The van der Waals surface area contributed by atoms with Crippen molar-refractivity contribution >= 4 is 22.4 Å². The fourth-order valence-corrected chi connectivity index (χ4v) is 2.40. The number of nitrogens with zero attached hydrogens (tertiary/aromatic N) is 3. The van der Waals surface area contributed by atoms with Crippen molar-refractivity contribution in [1.29, 1.82) is 0 Å². The lowest BCUT2D eigenvalue weighted by molar-refractivity contribution is 0.619. The van der Waals surface area contributed by atoms with E-state index in [4.69, 9.17) is 5.84 Å². The molecule has 6 heteroatoms. The van der Waals surface area contributed by atoms with Crippen LogP contribution in [0.15, 0.2) is 41.9 Å². The maximum atomic E-state index is 5.61. The van der Waals surface area contributed by atoms with Gasteiger partial charge in [0.15, 0.2) is 0 Å². The molecule has 90 valence electrons. The van der Waals surface area contributed by atoms with Gasteiger partial charge in [0.05, 0.1) is 17.3 Å². The van der Waals surface area contributed by atoms with Gasteiger partial charge in [-0.15, -0.1) is 5.10 Å². The van der Waals surface area contributed by atoms with Crippen LogP contribution in [0.5, 0.6) is 0 Å². The van der Waals surface area contributed by atoms with Crippen LogP contribution < -0.4 is 11.3 Å². The maximum absolute atomic E-state index is 5.61. The number of pyridine rings is 1. The van der Waals surface area contributed by atoms with Gasteiger partial charge in [0.25, 0.3) is 0 Å². The minimum Gasteiger partial charge on any atom is -0.271 e. The monoisotopic (exact) mass is 257 g/mol. The van der Waals surface area contributed by atoms with Crippen LogP contribution in [-0.2, 0) is 0 Å². The zero-order chi connectivity index (χ0) is 12.4. The van der Waals surface area contributed by atoms with Crippen molar-refractivity contribution in [2.45, 2.75) is 6.04 Å². The maximum Gasteiger partial charge on any atom is 0.0983 e. The van der Waals surface area contributed by atoms with Crippen LogP contribution in [0.3, 0.4) is 0 Å². The first-order chi connectivity index (χ1) is 8.88. The molecule has 0 radical (unpaired) electrons. The molecular weight excluding hydrogens is 246 g/mol. The highest BCUT2D eigenvalue weighted by Gasteiger charge is 2.15. The number of benzene rings is 1. The summed E-state index contributed by atoms with van der Waals surface area (Å²) >= 11 is 1.31. The summed E-state index contributed by atoms with van der Waals surface area (Å²) < 4.78 is 3.86. The van der Waals surface area contributed by atoms with Crippen molar-refractivity contribution in [2.24, 2.45) is 5.84 Å². The summed E-state index contributed by atoms with van der Waals surface area (Å²) in [5.74, 6) is 5.61. The van der Waals surface area contributed by atoms with E-state index in [0.29, 0.717) is 0 Å². The Kier molecular flexibility index (Phi) is 2.97. The van der Waals surface area contributed by atoms with Gasteiger partial charge < -0.3 is 0 Å². The molecule has 0 fully saturated rings. The first-order valence-electron chi connectivity index (χ1n) is 5.46. The molecule has 2 heterocycles. The molecule has 2 aromatic heterocycles. The first kappa shape index (κ1) is 11.2. The van der Waals surface area contributed by atoms with E-state index < -0.39 is 0 Å². The first-order valence-corrected chi connectivity index (χ1v) is 6.30. The van der Waals surface area contributed by atoms with Crippen molar-refractivity contribution in [3.63, 3.8) is 0 Å². The molecule has 0 aliphatic heterocycles. The van der Waals surface area contributed by atoms with Gasteiger partial charge in [-0.3, -0.25) is 10.8 Å². The van der Waals surface area contributed by atoms with Crippen LogP contribution in [0.25, 0.3) is 10.9 Å². The zero-order valence-corrected chi connectivity index (χ0v) is 10.3. The molecule has 3 N–H and O–H groups in total. The Labute approximate surface area is 108 Å². The minimum absolute atomic E-state index is 0.145. The Morgan fingerprint density at radius 2 is 2.22 bits per heavy atom. The summed E-state index contributed by atoms with van der Waals surface area (Å²) in [7, 11) is 0. The van der Waals surface area contributed by atoms with E-state index in [9.17, 15) is 0 Å². The van der Waals surface area contributed by atoms with Crippen molar-refractivity contribution in [2.75, 3.05) is 0 Å². The zero-order valence-electron chi connectivity index (χ0n) is 9.45. The van der Waals surface area contributed by atoms with Crippen LogP contribution in [0, 0.1) is 0 Å². The molecular formula is C12H11N5S. The molecule has 0 bridgehead atoms. The highest BCUT2D eigenvalue weighted by atomic mass is 32.1.